The number of piperidine rings is 1. The fourth-order valence-corrected chi connectivity index (χ4v) is 4.72. The van der Waals surface area contributed by atoms with E-state index in [2.05, 4.69) is 26.6 Å². The van der Waals surface area contributed by atoms with Crippen molar-refractivity contribution in [2.75, 3.05) is 23.4 Å². The normalized spacial score (nSPS) is 16.5. The van der Waals surface area contributed by atoms with Crippen LogP contribution in [-0.4, -0.2) is 44.5 Å². The molecule has 1 aromatic carbocycles. The number of anilines is 2. The molecule has 0 amide bonds. The van der Waals surface area contributed by atoms with E-state index in [0.717, 1.165) is 48.6 Å². The molecule has 1 N–H and O–H groups in total. The second kappa shape index (κ2) is 9.69. The molecular weight excluding hydrogens is 478 g/mol. The third kappa shape index (κ3) is 5.05. The summed E-state index contributed by atoms with van der Waals surface area (Å²) in [6.07, 6.45) is 6.95. The Morgan fingerprint density at radius 2 is 2.00 bits per heavy atom. The maximum absolute atomic E-state index is 13.3. The molecule has 9 nitrogen and oxygen atoms in total. The number of pyridine rings is 1. The Labute approximate surface area is 214 Å². The van der Waals surface area contributed by atoms with Crippen LogP contribution < -0.4 is 15.1 Å². The van der Waals surface area contributed by atoms with Gasteiger partial charge in [0.1, 0.15) is 12.1 Å². The van der Waals surface area contributed by atoms with Crippen LogP contribution in [0.5, 0.6) is 5.75 Å². The van der Waals surface area contributed by atoms with Crippen molar-refractivity contribution in [3.8, 4) is 23.2 Å². The minimum atomic E-state index is -2.98. The number of hydrazine groups is 1. The van der Waals surface area contributed by atoms with Crippen molar-refractivity contribution < 1.29 is 13.5 Å². The van der Waals surface area contributed by atoms with Crippen molar-refractivity contribution >= 4 is 17.6 Å². The molecule has 37 heavy (non-hydrogen) atoms. The van der Waals surface area contributed by atoms with Gasteiger partial charge in [-0.15, -0.1) is 10.2 Å². The SMILES string of the molecule is Cc1cc2c(c(N3CCC(C)(C#N)CC3)n1)CN(Nc1ccc(-c3nncn3C)cc1OC(F)F)C=C2. The van der Waals surface area contributed by atoms with E-state index < -0.39 is 6.61 Å². The van der Waals surface area contributed by atoms with Crippen LogP contribution >= 0.6 is 0 Å². The number of hydrogen-bond donors (Lipinski definition) is 1. The predicted molar refractivity (Wildman–Crippen MR) is 135 cm³/mol. The van der Waals surface area contributed by atoms with Gasteiger partial charge in [0.2, 0.25) is 0 Å². The molecule has 2 aliphatic heterocycles. The molecule has 0 aliphatic carbocycles. The highest BCUT2D eigenvalue weighted by Crippen LogP contribution is 2.37. The lowest BCUT2D eigenvalue weighted by molar-refractivity contribution is -0.0494. The largest absolute Gasteiger partial charge is 0.433 e. The van der Waals surface area contributed by atoms with Crippen molar-refractivity contribution in [2.24, 2.45) is 12.5 Å². The van der Waals surface area contributed by atoms with E-state index in [1.54, 1.807) is 30.1 Å². The van der Waals surface area contributed by atoms with Gasteiger partial charge in [-0.1, -0.05) is 0 Å². The van der Waals surface area contributed by atoms with Gasteiger partial charge in [0.05, 0.1) is 23.7 Å². The van der Waals surface area contributed by atoms with Gasteiger partial charge in [0, 0.05) is 43.2 Å². The van der Waals surface area contributed by atoms with Gasteiger partial charge in [-0.3, -0.25) is 10.4 Å². The Balaban J connectivity index is 1.40. The predicted octanol–water partition coefficient (Wildman–Crippen LogP) is 4.73. The number of rotatable bonds is 6. The van der Waals surface area contributed by atoms with Gasteiger partial charge in [0.15, 0.2) is 11.6 Å². The van der Waals surface area contributed by atoms with Crippen LogP contribution in [0.25, 0.3) is 17.5 Å². The maximum Gasteiger partial charge on any atom is 0.387 e. The van der Waals surface area contributed by atoms with Gasteiger partial charge >= 0.3 is 6.61 Å². The molecular formula is C26H28F2N8O. The highest BCUT2D eigenvalue weighted by Gasteiger charge is 2.32. The molecule has 0 atom stereocenters. The van der Waals surface area contributed by atoms with Crippen LogP contribution in [0.15, 0.2) is 36.8 Å². The summed E-state index contributed by atoms with van der Waals surface area (Å²) in [5.74, 6) is 1.44. The summed E-state index contributed by atoms with van der Waals surface area (Å²) in [7, 11) is 1.78. The fourth-order valence-electron chi connectivity index (χ4n) is 4.72. The molecule has 11 heteroatoms. The molecule has 2 aromatic heterocycles. The third-order valence-corrected chi connectivity index (χ3v) is 6.90. The van der Waals surface area contributed by atoms with Gasteiger partial charge in [0.25, 0.3) is 0 Å². The number of alkyl halides is 2. The molecule has 0 unspecified atom stereocenters. The lowest BCUT2D eigenvalue weighted by atomic mass is 9.82. The highest BCUT2D eigenvalue weighted by molar-refractivity contribution is 5.68. The quantitative estimate of drug-likeness (QED) is 0.513. The molecule has 192 valence electrons. The van der Waals surface area contributed by atoms with Crippen molar-refractivity contribution in [2.45, 2.75) is 39.8 Å². The average Bonchev–Trinajstić information content (AvgIpc) is 3.31. The van der Waals surface area contributed by atoms with E-state index >= 15 is 0 Å². The minimum absolute atomic E-state index is 0.00349. The molecule has 4 heterocycles. The Morgan fingerprint density at radius 1 is 1.22 bits per heavy atom. The van der Waals surface area contributed by atoms with Crippen LogP contribution in [0.2, 0.25) is 0 Å². The number of nitriles is 1. The first-order chi connectivity index (χ1) is 17.7. The molecule has 0 radical (unpaired) electrons. The van der Waals surface area contributed by atoms with Gasteiger partial charge < -0.3 is 14.2 Å². The number of ether oxygens (including phenoxy) is 1. The Bertz CT molecular complexity index is 1370. The summed E-state index contributed by atoms with van der Waals surface area (Å²) in [5, 5.41) is 19.2. The Kier molecular flexibility index (Phi) is 6.41. The first-order valence-electron chi connectivity index (χ1n) is 12.1. The molecule has 5 rings (SSSR count). The van der Waals surface area contributed by atoms with E-state index in [0.29, 0.717) is 23.6 Å². The number of hydrogen-bond acceptors (Lipinski definition) is 8. The van der Waals surface area contributed by atoms with E-state index in [4.69, 9.17) is 9.72 Å². The standard InChI is InChI=1S/C26H28F2N8O/c1-17-12-18-6-9-36(14-20(18)24(31-17)35-10-7-26(2,15-29)8-11-35)33-21-5-4-19(13-22(21)37-25(27)28)23-32-30-16-34(23)3/h4-6,9,12-13,16,25,33H,7-8,10-11,14H2,1-3H3. The molecule has 3 aromatic rings. The zero-order valence-electron chi connectivity index (χ0n) is 20.9. The lowest BCUT2D eigenvalue weighted by Gasteiger charge is -2.38. The summed E-state index contributed by atoms with van der Waals surface area (Å²) in [6, 6.07) is 9.47. The number of nitrogens with zero attached hydrogens (tertiary/aromatic N) is 7. The second-order valence-electron chi connectivity index (χ2n) is 9.72. The summed E-state index contributed by atoms with van der Waals surface area (Å²) in [5.41, 5.74) is 6.91. The zero-order valence-corrected chi connectivity index (χ0v) is 20.9. The van der Waals surface area contributed by atoms with Gasteiger partial charge in [-0.2, -0.15) is 14.0 Å². The molecule has 1 fully saturated rings. The fraction of sp³-hybridized carbons (Fsp3) is 0.385. The molecule has 0 spiro atoms. The number of nitrogens with one attached hydrogen (secondary N) is 1. The van der Waals surface area contributed by atoms with E-state index in [-0.39, 0.29) is 11.2 Å². The highest BCUT2D eigenvalue weighted by atomic mass is 19.3. The van der Waals surface area contributed by atoms with Crippen LogP contribution in [-0.2, 0) is 13.6 Å². The summed E-state index contributed by atoms with van der Waals surface area (Å²) >= 11 is 0. The Morgan fingerprint density at radius 3 is 2.68 bits per heavy atom. The maximum atomic E-state index is 13.3. The lowest BCUT2D eigenvalue weighted by Crippen LogP contribution is -2.40. The summed E-state index contributed by atoms with van der Waals surface area (Å²) in [4.78, 5) is 7.09. The summed E-state index contributed by atoms with van der Waals surface area (Å²) < 4.78 is 33.1. The molecule has 0 saturated carbocycles. The van der Waals surface area contributed by atoms with Crippen molar-refractivity contribution in [1.82, 2.24) is 24.8 Å². The van der Waals surface area contributed by atoms with Gasteiger partial charge in [-0.25, -0.2) is 4.98 Å². The topological polar surface area (TPSA) is 95.1 Å². The van der Waals surface area contributed by atoms with E-state index in [1.165, 1.54) is 6.07 Å². The smallest absolute Gasteiger partial charge is 0.387 e. The Hall–Kier alpha value is -4.20. The first kappa shape index (κ1) is 24.5. The van der Waals surface area contributed by atoms with Crippen LogP contribution in [0.3, 0.4) is 0 Å². The average molecular weight is 507 g/mol. The van der Waals surface area contributed by atoms with Crippen molar-refractivity contribution in [1.29, 1.82) is 5.26 Å². The van der Waals surface area contributed by atoms with Gasteiger partial charge in [-0.05, 0) is 62.6 Å². The molecule has 0 bridgehead atoms. The van der Waals surface area contributed by atoms with E-state index in [1.807, 2.05) is 37.2 Å². The van der Waals surface area contributed by atoms with Crippen LogP contribution in [0.1, 0.15) is 36.6 Å². The minimum Gasteiger partial charge on any atom is -0.433 e. The van der Waals surface area contributed by atoms with Crippen molar-refractivity contribution in [3.63, 3.8) is 0 Å². The van der Waals surface area contributed by atoms with Crippen LogP contribution in [0, 0.1) is 23.7 Å². The molecule has 1 saturated heterocycles. The zero-order chi connectivity index (χ0) is 26.2. The van der Waals surface area contributed by atoms with Crippen molar-refractivity contribution in [3.05, 3.63) is 53.6 Å². The monoisotopic (exact) mass is 506 g/mol. The number of aromatic nitrogens is 4. The third-order valence-electron chi connectivity index (χ3n) is 6.90. The number of aryl methyl sites for hydroxylation is 2. The second-order valence-corrected chi connectivity index (χ2v) is 9.72. The number of fused-ring (bicyclic) bond motifs is 1. The number of benzene rings is 1. The number of halogens is 2. The van der Waals surface area contributed by atoms with E-state index in [9.17, 15) is 14.0 Å². The summed E-state index contributed by atoms with van der Waals surface area (Å²) in [6.45, 7) is 2.97. The first-order valence-corrected chi connectivity index (χ1v) is 12.1. The van der Waals surface area contributed by atoms with Crippen LogP contribution in [0.4, 0.5) is 20.3 Å². The molecule has 2 aliphatic rings.